The zero-order valence-electron chi connectivity index (χ0n) is 9.05. The predicted octanol–water partition coefficient (Wildman–Crippen LogP) is 2.67. The summed E-state index contributed by atoms with van der Waals surface area (Å²) in [6, 6.07) is 3.46. The second-order valence-electron chi connectivity index (χ2n) is 3.32. The van der Waals surface area contributed by atoms with E-state index in [1.54, 1.807) is 6.07 Å². The molecular weight excluding hydrogens is 235 g/mol. The van der Waals surface area contributed by atoms with Gasteiger partial charge in [0.2, 0.25) is 0 Å². The van der Waals surface area contributed by atoms with Crippen LogP contribution in [0.25, 0.3) is 0 Å². The van der Waals surface area contributed by atoms with E-state index < -0.39 is 23.3 Å². The fourth-order valence-electron chi connectivity index (χ4n) is 1.45. The molecule has 0 aliphatic heterocycles. The fraction of sp³-hybridized carbons (Fsp3) is 0.273. The van der Waals surface area contributed by atoms with E-state index in [2.05, 4.69) is 4.74 Å². The van der Waals surface area contributed by atoms with Crippen molar-refractivity contribution >= 4 is 5.97 Å². The SMILES string of the molecule is COC(=O)c1c(C)cc(C#N)cc1C(F)(F)F. The number of carbonyl (C=O) groups is 1. The number of hydrogen-bond acceptors (Lipinski definition) is 3. The Morgan fingerprint density at radius 2 is 2.00 bits per heavy atom. The van der Waals surface area contributed by atoms with Crippen molar-refractivity contribution in [2.45, 2.75) is 13.1 Å². The highest BCUT2D eigenvalue weighted by Crippen LogP contribution is 2.34. The number of halogens is 3. The van der Waals surface area contributed by atoms with Crippen LogP contribution in [0.5, 0.6) is 0 Å². The van der Waals surface area contributed by atoms with Gasteiger partial charge < -0.3 is 4.74 Å². The summed E-state index contributed by atoms with van der Waals surface area (Å²) in [5.41, 5.74) is -1.80. The van der Waals surface area contributed by atoms with Crippen molar-refractivity contribution in [2.75, 3.05) is 7.11 Å². The number of esters is 1. The maximum atomic E-state index is 12.7. The second kappa shape index (κ2) is 4.45. The zero-order valence-corrected chi connectivity index (χ0v) is 9.05. The number of nitrogens with zero attached hydrogens (tertiary/aromatic N) is 1. The molecule has 6 heteroatoms. The third kappa shape index (κ3) is 2.56. The summed E-state index contributed by atoms with van der Waals surface area (Å²) in [6.07, 6.45) is -4.71. The highest BCUT2D eigenvalue weighted by molar-refractivity contribution is 5.93. The lowest BCUT2D eigenvalue weighted by molar-refractivity contribution is -0.138. The van der Waals surface area contributed by atoms with Crippen LogP contribution in [0.15, 0.2) is 12.1 Å². The van der Waals surface area contributed by atoms with Crippen LogP contribution in [-0.4, -0.2) is 13.1 Å². The normalized spacial score (nSPS) is 10.8. The van der Waals surface area contributed by atoms with Gasteiger partial charge >= 0.3 is 12.1 Å². The van der Waals surface area contributed by atoms with Crippen LogP contribution >= 0.6 is 0 Å². The van der Waals surface area contributed by atoms with Crippen LogP contribution < -0.4 is 0 Å². The lowest BCUT2D eigenvalue weighted by Gasteiger charge is -2.14. The first-order chi connectivity index (χ1) is 7.81. The van der Waals surface area contributed by atoms with Gasteiger partial charge in [-0.2, -0.15) is 18.4 Å². The smallest absolute Gasteiger partial charge is 0.417 e. The predicted molar refractivity (Wildman–Crippen MR) is 52.2 cm³/mol. The maximum Gasteiger partial charge on any atom is 0.417 e. The highest BCUT2D eigenvalue weighted by Gasteiger charge is 2.37. The minimum atomic E-state index is -4.71. The van der Waals surface area contributed by atoms with Crippen LogP contribution in [0, 0.1) is 18.3 Å². The average Bonchev–Trinajstić information content (AvgIpc) is 2.25. The molecule has 0 amide bonds. The summed E-state index contributed by atoms with van der Waals surface area (Å²) in [5, 5.41) is 8.61. The Labute approximate surface area is 95.4 Å². The number of nitriles is 1. The third-order valence-electron chi connectivity index (χ3n) is 2.16. The summed E-state index contributed by atoms with van der Waals surface area (Å²) in [5.74, 6) is -1.07. The van der Waals surface area contributed by atoms with Crippen LogP contribution in [0.3, 0.4) is 0 Å². The van der Waals surface area contributed by atoms with Gasteiger partial charge in [-0.1, -0.05) is 0 Å². The molecule has 0 radical (unpaired) electrons. The average molecular weight is 243 g/mol. The van der Waals surface area contributed by atoms with E-state index in [9.17, 15) is 18.0 Å². The first-order valence-corrected chi connectivity index (χ1v) is 4.51. The first kappa shape index (κ1) is 13.0. The molecule has 0 N–H and O–H groups in total. The molecule has 0 heterocycles. The highest BCUT2D eigenvalue weighted by atomic mass is 19.4. The van der Waals surface area contributed by atoms with Gasteiger partial charge in [0, 0.05) is 0 Å². The molecule has 0 aliphatic carbocycles. The van der Waals surface area contributed by atoms with Gasteiger partial charge in [-0.25, -0.2) is 4.79 Å². The van der Waals surface area contributed by atoms with Gasteiger partial charge in [-0.05, 0) is 24.6 Å². The molecule has 0 aromatic heterocycles. The third-order valence-corrected chi connectivity index (χ3v) is 2.16. The molecule has 0 spiro atoms. The molecule has 17 heavy (non-hydrogen) atoms. The largest absolute Gasteiger partial charge is 0.465 e. The van der Waals surface area contributed by atoms with Crippen molar-refractivity contribution in [3.63, 3.8) is 0 Å². The number of carbonyl (C=O) groups excluding carboxylic acids is 1. The molecule has 0 saturated heterocycles. The lowest BCUT2D eigenvalue weighted by Crippen LogP contribution is -2.16. The Kier molecular flexibility index (Phi) is 3.42. The lowest BCUT2D eigenvalue weighted by atomic mass is 9.98. The van der Waals surface area contributed by atoms with Crippen LogP contribution in [0.1, 0.15) is 27.0 Å². The standard InChI is InChI=1S/C11H8F3NO2/c1-6-3-7(5-15)4-8(11(12,13)14)9(6)10(16)17-2/h3-4H,1-2H3. The molecule has 0 unspecified atom stereocenters. The van der Waals surface area contributed by atoms with Crippen molar-refractivity contribution in [1.29, 1.82) is 5.26 Å². The van der Waals surface area contributed by atoms with Crippen molar-refractivity contribution in [3.05, 3.63) is 34.4 Å². The molecule has 1 rings (SSSR count). The van der Waals surface area contributed by atoms with E-state index in [0.717, 1.165) is 7.11 Å². The topological polar surface area (TPSA) is 50.1 Å². The number of hydrogen-bond donors (Lipinski definition) is 0. The number of rotatable bonds is 1. The minimum Gasteiger partial charge on any atom is -0.465 e. The van der Waals surface area contributed by atoms with Gasteiger partial charge in [-0.3, -0.25) is 0 Å². The number of benzene rings is 1. The Balaban J connectivity index is 3.58. The van der Waals surface area contributed by atoms with E-state index in [1.807, 2.05) is 0 Å². The van der Waals surface area contributed by atoms with Gasteiger partial charge in [0.1, 0.15) is 0 Å². The molecule has 0 saturated carbocycles. The molecule has 1 aromatic rings. The van der Waals surface area contributed by atoms with Gasteiger partial charge in [0.25, 0.3) is 0 Å². The first-order valence-electron chi connectivity index (χ1n) is 4.51. The Morgan fingerprint density at radius 1 is 1.41 bits per heavy atom. The monoisotopic (exact) mass is 243 g/mol. The molecular formula is C11H8F3NO2. The van der Waals surface area contributed by atoms with Crippen molar-refractivity contribution in [3.8, 4) is 6.07 Å². The van der Waals surface area contributed by atoms with E-state index in [1.165, 1.54) is 13.0 Å². The summed E-state index contributed by atoms with van der Waals surface area (Å²) in [4.78, 5) is 11.3. The molecule has 3 nitrogen and oxygen atoms in total. The summed E-state index contributed by atoms with van der Waals surface area (Å²) in [7, 11) is 1.00. The minimum absolute atomic E-state index is 0.0585. The second-order valence-corrected chi connectivity index (χ2v) is 3.32. The number of ether oxygens (including phenoxy) is 1. The number of aryl methyl sites for hydroxylation is 1. The molecule has 0 atom stereocenters. The van der Waals surface area contributed by atoms with Crippen LogP contribution in [0.2, 0.25) is 0 Å². The molecule has 0 aliphatic rings. The van der Waals surface area contributed by atoms with Crippen LogP contribution in [0.4, 0.5) is 13.2 Å². The molecule has 1 aromatic carbocycles. The Bertz CT molecular complexity index is 501. The van der Waals surface area contributed by atoms with E-state index in [-0.39, 0.29) is 11.1 Å². The zero-order chi connectivity index (χ0) is 13.2. The van der Waals surface area contributed by atoms with Gasteiger partial charge in [-0.15, -0.1) is 0 Å². The molecule has 90 valence electrons. The van der Waals surface area contributed by atoms with Crippen molar-refractivity contribution in [2.24, 2.45) is 0 Å². The maximum absolute atomic E-state index is 12.7. The van der Waals surface area contributed by atoms with E-state index >= 15 is 0 Å². The number of methoxy groups -OCH3 is 1. The van der Waals surface area contributed by atoms with Crippen molar-refractivity contribution < 1.29 is 22.7 Å². The Morgan fingerprint density at radius 3 is 2.41 bits per heavy atom. The summed E-state index contributed by atoms with van der Waals surface area (Å²) >= 11 is 0. The Hall–Kier alpha value is -2.03. The van der Waals surface area contributed by atoms with Gasteiger partial charge in [0.05, 0.1) is 29.9 Å². The molecule has 0 bridgehead atoms. The molecule has 0 fully saturated rings. The van der Waals surface area contributed by atoms with E-state index in [0.29, 0.717) is 6.07 Å². The fourth-order valence-corrected chi connectivity index (χ4v) is 1.45. The quantitative estimate of drug-likeness (QED) is 0.712. The summed E-state index contributed by atoms with van der Waals surface area (Å²) < 4.78 is 42.5. The van der Waals surface area contributed by atoms with Crippen molar-refractivity contribution in [1.82, 2.24) is 0 Å². The van der Waals surface area contributed by atoms with Crippen LogP contribution in [-0.2, 0) is 10.9 Å². The van der Waals surface area contributed by atoms with Gasteiger partial charge in [0.15, 0.2) is 0 Å². The number of alkyl halides is 3. The summed E-state index contributed by atoms with van der Waals surface area (Å²) in [6.45, 7) is 1.32. The van der Waals surface area contributed by atoms with E-state index in [4.69, 9.17) is 5.26 Å².